The highest BCUT2D eigenvalue weighted by molar-refractivity contribution is 5.19. The molecule has 0 aromatic carbocycles. The normalized spacial score (nSPS) is 23.9. The van der Waals surface area contributed by atoms with Crippen LogP contribution in [0.2, 0.25) is 0 Å². The third-order valence-corrected chi connectivity index (χ3v) is 5.34. The molecule has 0 atom stereocenters. The first-order chi connectivity index (χ1) is 12.4. The van der Waals surface area contributed by atoms with Crippen LogP contribution in [0.1, 0.15) is 77.0 Å². The molecule has 1 aliphatic carbocycles. The molecule has 1 aliphatic heterocycles. The highest BCUT2D eigenvalue weighted by Gasteiger charge is 2.10. The second-order valence-corrected chi connectivity index (χ2v) is 7.49. The molecule has 0 aromatic rings. The molecule has 0 bridgehead atoms. The molecule has 1 saturated carbocycles. The Balaban J connectivity index is 1.63. The summed E-state index contributed by atoms with van der Waals surface area (Å²) >= 11 is 0. The summed E-state index contributed by atoms with van der Waals surface area (Å²) in [4.78, 5) is 2.31. The van der Waals surface area contributed by atoms with E-state index in [9.17, 15) is 0 Å². The van der Waals surface area contributed by atoms with Gasteiger partial charge in [-0.25, -0.2) is 0 Å². The van der Waals surface area contributed by atoms with E-state index in [1.807, 2.05) is 0 Å². The van der Waals surface area contributed by atoms with Gasteiger partial charge in [-0.1, -0.05) is 107 Å². The highest BCUT2D eigenvalue weighted by atomic mass is 15.1. The Morgan fingerprint density at radius 3 is 1.68 bits per heavy atom. The van der Waals surface area contributed by atoms with Crippen LogP contribution in [0.15, 0.2) is 61.0 Å². The summed E-state index contributed by atoms with van der Waals surface area (Å²) in [6.07, 6.45) is 38.4. The molecular formula is C24H37N. The average molecular weight is 340 g/mol. The molecular weight excluding hydrogens is 302 g/mol. The summed E-state index contributed by atoms with van der Waals surface area (Å²) in [7, 11) is 0. The minimum Gasteiger partial charge on any atom is -0.354 e. The second-order valence-electron chi connectivity index (χ2n) is 7.49. The Bertz CT molecular complexity index is 430. The van der Waals surface area contributed by atoms with Gasteiger partial charge in [0.05, 0.1) is 0 Å². The molecule has 1 nitrogen and oxygen atoms in total. The van der Waals surface area contributed by atoms with Crippen molar-refractivity contribution in [1.82, 2.24) is 4.90 Å². The quantitative estimate of drug-likeness (QED) is 0.458. The maximum atomic E-state index is 2.31. The van der Waals surface area contributed by atoms with Crippen LogP contribution in [0.5, 0.6) is 0 Å². The van der Waals surface area contributed by atoms with Crippen molar-refractivity contribution >= 4 is 0 Å². The fourth-order valence-electron chi connectivity index (χ4n) is 3.81. The van der Waals surface area contributed by atoms with Gasteiger partial charge >= 0.3 is 0 Å². The number of unbranched alkanes of at least 4 members (excludes halogenated alkanes) is 2. The van der Waals surface area contributed by atoms with E-state index < -0.39 is 0 Å². The van der Waals surface area contributed by atoms with Gasteiger partial charge in [-0.15, -0.1) is 0 Å². The molecule has 0 amide bonds. The zero-order chi connectivity index (χ0) is 17.4. The zero-order valence-electron chi connectivity index (χ0n) is 16.0. The second kappa shape index (κ2) is 13.8. The Morgan fingerprint density at radius 1 is 0.560 bits per heavy atom. The zero-order valence-corrected chi connectivity index (χ0v) is 16.0. The lowest BCUT2D eigenvalue weighted by molar-refractivity contribution is 0.377. The number of nitrogens with zero attached hydrogens (tertiary/aromatic N) is 1. The first-order valence-corrected chi connectivity index (χ1v) is 10.6. The van der Waals surface area contributed by atoms with E-state index in [4.69, 9.17) is 0 Å². The maximum Gasteiger partial charge on any atom is 0.0219 e. The molecule has 1 heterocycles. The van der Waals surface area contributed by atoms with Crippen molar-refractivity contribution in [3.8, 4) is 0 Å². The van der Waals surface area contributed by atoms with Gasteiger partial charge in [0.2, 0.25) is 0 Å². The molecule has 2 rings (SSSR count). The summed E-state index contributed by atoms with van der Waals surface area (Å²) in [5, 5.41) is 0. The number of rotatable bonds is 6. The molecule has 0 unspecified atom stereocenters. The predicted molar refractivity (Wildman–Crippen MR) is 111 cm³/mol. The summed E-state index contributed by atoms with van der Waals surface area (Å²) in [5.74, 6) is 1.01. The van der Waals surface area contributed by atoms with E-state index in [0.717, 1.165) is 12.5 Å². The maximum absolute atomic E-state index is 2.31. The molecule has 138 valence electrons. The summed E-state index contributed by atoms with van der Waals surface area (Å²) < 4.78 is 0. The standard InChI is InChI=1S/C24H37N/c1-2-6-10-16-22-25(21-15-9-5-1)23-17-11-14-20-24-18-12-7-3-4-8-13-19-24/h1-2,5-6,9-10,15-16,21-22,24H,3-4,7-8,11-14,17-20,23H2/b2-1?,9-5-,10-6?,21-15-,22-16-. The topological polar surface area (TPSA) is 3.24 Å². The van der Waals surface area contributed by atoms with Crippen molar-refractivity contribution < 1.29 is 0 Å². The SMILES string of the molecule is C1=C/C=C\C=C/N(CCCCCC2CCCCCCCC2)/C=C\C=C1. The van der Waals surface area contributed by atoms with Gasteiger partial charge in [-0.05, 0) is 24.5 Å². The summed E-state index contributed by atoms with van der Waals surface area (Å²) in [5.41, 5.74) is 0. The first kappa shape index (κ1) is 19.8. The summed E-state index contributed by atoms with van der Waals surface area (Å²) in [6.45, 7) is 1.12. The number of allylic oxidation sites excluding steroid dienone is 8. The van der Waals surface area contributed by atoms with Crippen molar-refractivity contribution in [1.29, 1.82) is 0 Å². The van der Waals surface area contributed by atoms with Crippen molar-refractivity contribution in [2.75, 3.05) is 6.54 Å². The van der Waals surface area contributed by atoms with E-state index in [2.05, 4.69) is 65.9 Å². The van der Waals surface area contributed by atoms with Crippen molar-refractivity contribution in [2.24, 2.45) is 5.92 Å². The van der Waals surface area contributed by atoms with Crippen LogP contribution in [-0.2, 0) is 0 Å². The minimum atomic E-state index is 1.01. The predicted octanol–water partition coefficient (Wildman–Crippen LogP) is 7.31. The number of hydrogen-bond donors (Lipinski definition) is 0. The van der Waals surface area contributed by atoms with Crippen LogP contribution >= 0.6 is 0 Å². The molecule has 25 heavy (non-hydrogen) atoms. The van der Waals surface area contributed by atoms with E-state index >= 15 is 0 Å². The Kier molecular flexibility index (Phi) is 10.9. The highest BCUT2D eigenvalue weighted by Crippen LogP contribution is 2.26. The third kappa shape index (κ3) is 10.2. The summed E-state index contributed by atoms with van der Waals surface area (Å²) in [6, 6.07) is 0. The Hall–Kier alpha value is -1.50. The van der Waals surface area contributed by atoms with Crippen molar-refractivity contribution in [3.05, 3.63) is 61.0 Å². The van der Waals surface area contributed by atoms with Crippen LogP contribution < -0.4 is 0 Å². The van der Waals surface area contributed by atoms with Crippen LogP contribution in [0.3, 0.4) is 0 Å². The minimum absolute atomic E-state index is 1.01. The Morgan fingerprint density at radius 2 is 1.08 bits per heavy atom. The van der Waals surface area contributed by atoms with Crippen LogP contribution in [-0.4, -0.2) is 11.4 Å². The molecule has 0 radical (unpaired) electrons. The van der Waals surface area contributed by atoms with Gasteiger partial charge in [0.15, 0.2) is 0 Å². The lowest BCUT2D eigenvalue weighted by atomic mass is 9.91. The van der Waals surface area contributed by atoms with Crippen molar-refractivity contribution in [2.45, 2.75) is 77.0 Å². The van der Waals surface area contributed by atoms with Gasteiger partial charge in [-0.3, -0.25) is 0 Å². The molecule has 1 heteroatoms. The molecule has 0 spiro atoms. The van der Waals surface area contributed by atoms with Gasteiger partial charge in [0.25, 0.3) is 0 Å². The fraction of sp³-hybridized carbons (Fsp3) is 0.583. The molecule has 0 N–H and O–H groups in total. The van der Waals surface area contributed by atoms with E-state index in [1.54, 1.807) is 0 Å². The molecule has 0 saturated heterocycles. The van der Waals surface area contributed by atoms with Gasteiger partial charge in [0.1, 0.15) is 0 Å². The van der Waals surface area contributed by atoms with E-state index in [1.165, 1.54) is 77.0 Å². The third-order valence-electron chi connectivity index (χ3n) is 5.34. The smallest absolute Gasteiger partial charge is 0.0219 e. The van der Waals surface area contributed by atoms with Gasteiger partial charge in [-0.2, -0.15) is 0 Å². The van der Waals surface area contributed by atoms with Crippen LogP contribution in [0.4, 0.5) is 0 Å². The Labute approximate surface area is 155 Å². The monoisotopic (exact) mass is 339 g/mol. The molecule has 1 fully saturated rings. The van der Waals surface area contributed by atoms with Gasteiger partial charge < -0.3 is 4.90 Å². The van der Waals surface area contributed by atoms with Gasteiger partial charge in [0, 0.05) is 18.9 Å². The largest absolute Gasteiger partial charge is 0.354 e. The van der Waals surface area contributed by atoms with Crippen molar-refractivity contribution in [3.63, 3.8) is 0 Å². The lowest BCUT2D eigenvalue weighted by Crippen LogP contribution is -2.11. The van der Waals surface area contributed by atoms with Crippen LogP contribution in [0.25, 0.3) is 0 Å². The van der Waals surface area contributed by atoms with E-state index in [0.29, 0.717) is 0 Å². The number of hydrogen-bond acceptors (Lipinski definition) is 1. The average Bonchev–Trinajstić information content (AvgIpc) is 2.71. The molecule has 0 aromatic heterocycles. The fourth-order valence-corrected chi connectivity index (χ4v) is 3.81. The lowest BCUT2D eigenvalue weighted by Gasteiger charge is -2.17. The molecule has 2 aliphatic rings. The van der Waals surface area contributed by atoms with E-state index in [-0.39, 0.29) is 0 Å². The van der Waals surface area contributed by atoms with Crippen LogP contribution in [0, 0.1) is 5.92 Å². The first-order valence-electron chi connectivity index (χ1n) is 10.6.